The van der Waals surface area contributed by atoms with Crippen LogP contribution in [0.2, 0.25) is 0 Å². The lowest BCUT2D eigenvalue weighted by atomic mass is 9.86. The van der Waals surface area contributed by atoms with E-state index in [1.807, 2.05) is 0 Å². The number of carbonyl (C=O) groups excluding carboxylic acids is 4. The molecule has 2 saturated carbocycles. The Labute approximate surface area is 204 Å². The quantitative estimate of drug-likeness (QED) is 0.564. The Hall–Kier alpha value is -2.78. The first-order valence-corrected chi connectivity index (χ1v) is 12.8. The number of imide groups is 2. The van der Waals surface area contributed by atoms with Crippen LogP contribution in [0.3, 0.4) is 0 Å². The molecule has 186 valence electrons. The van der Waals surface area contributed by atoms with Crippen molar-refractivity contribution in [2.24, 2.45) is 17.8 Å². The van der Waals surface area contributed by atoms with E-state index in [-0.39, 0.29) is 36.0 Å². The van der Waals surface area contributed by atoms with Crippen LogP contribution < -0.4 is 15.4 Å². The minimum atomic E-state index is -0.958. The van der Waals surface area contributed by atoms with Gasteiger partial charge in [0.1, 0.15) is 17.9 Å². The summed E-state index contributed by atoms with van der Waals surface area (Å²) >= 11 is 0. The highest BCUT2D eigenvalue weighted by molar-refractivity contribution is 6.23. The van der Waals surface area contributed by atoms with E-state index < -0.39 is 23.8 Å². The van der Waals surface area contributed by atoms with Crippen molar-refractivity contribution in [2.45, 2.75) is 63.8 Å². The zero-order valence-electron chi connectivity index (χ0n) is 20.2. The predicted octanol–water partition coefficient (Wildman–Crippen LogP) is 1.17. The van der Waals surface area contributed by atoms with E-state index in [1.54, 1.807) is 18.2 Å². The number of carbonyl (C=O) groups is 4. The number of nitrogens with one attached hydrogen (secondary N) is 2. The Bertz CT molecular complexity index is 1090. The van der Waals surface area contributed by atoms with Gasteiger partial charge in [-0.15, -0.1) is 0 Å². The van der Waals surface area contributed by atoms with Crippen molar-refractivity contribution in [1.82, 2.24) is 20.4 Å². The minimum Gasteiger partial charge on any atom is -0.490 e. The fraction of sp³-hybridized carbons (Fsp3) is 0.615. The van der Waals surface area contributed by atoms with Crippen LogP contribution in [0.15, 0.2) is 18.2 Å². The van der Waals surface area contributed by atoms with Gasteiger partial charge in [0, 0.05) is 37.9 Å². The summed E-state index contributed by atoms with van der Waals surface area (Å²) < 4.78 is 6.19. The summed E-state index contributed by atoms with van der Waals surface area (Å²) in [4.78, 5) is 53.2. The van der Waals surface area contributed by atoms with E-state index in [4.69, 9.17) is 4.74 Å². The molecule has 0 bridgehead atoms. The second-order valence-corrected chi connectivity index (χ2v) is 11.0. The fourth-order valence-electron chi connectivity index (χ4n) is 6.46. The molecule has 9 nitrogen and oxygen atoms in total. The van der Waals surface area contributed by atoms with Crippen molar-refractivity contribution in [1.29, 1.82) is 0 Å². The molecule has 2 saturated heterocycles. The Morgan fingerprint density at radius 3 is 2.46 bits per heavy atom. The molecule has 5 aliphatic rings. The largest absolute Gasteiger partial charge is 0.490 e. The molecular weight excluding hydrogens is 448 g/mol. The topological polar surface area (TPSA) is 108 Å². The SMILES string of the molecule is CC(C)N(CC1C2CNC[C@H]21)C1CC(Oc2ccc3c(c2)C(=O)N(C2CCC(=O)NC2=O)C3=O)C1. The first kappa shape index (κ1) is 22.7. The van der Waals surface area contributed by atoms with Gasteiger partial charge in [0.25, 0.3) is 11.8 Å². The molecule has 1 aromatic carbocycles. The molecule has 2 aliphatic carbocycles. The number of rotatable bonds is 7. The molecule has 4 atom stereocenters. The average Bonchev–Trinajstić information content (AvgIpc) is 3.10. The van der Waals surface area contributed by atoms with Crippen LogP contribution in [-0.2, 0) is 9.59 Å². The van der Waals surface area contributed by atoms with Crippen LogP contribution in [0.4, 0.5) is 0 Å². The molecule has 3 unspecified atom stereocenters. The molecule has 2 N–H and O–H groups in total. The molecule has 35 heavy (non-hydrogen) atoms. The third-order valence-electron chi connectivity index (χ3n) is 8.61. The van der Waals surface area contributed by atoms with Crippen LogP contribution in [0, 0.1) is 17.8 Å². The number of hydrogen-bond donors (Lipinski definition) is 2. The fourth-order valence-corrected chi connectivity index (χ4v) is 6.46. The van der Waals surface area contributed by atoms with Gasteiger partial charge in [-0.25, -0.2) is 0 Å². The smallest absolute Gasteiger partial charge is 0.262 e. The summed E-state index contributed by atoms with van der Waals surface area (Å²) in [6.45, 7) is 8.03. The third-order valence-corrected chi connectivity index (χ3v) is 8.61. The van der Waals surface area contributed by atoms with Gasteiger partial charge in [0.2, 0.25) is 11.8 Å². The lowest BCUT2D eigenvalue weighted by molar-refractivity contribution is -0.136. The highest BCUT2D eigenvalue weighted by atomic mass is 16.5. The maximum atomic E-state index is 13.0. The van der Waals surface area contributed by atoms with Gasteiger partial charge in [-0.05, 0) is 69.3 Å². The number of amides is 4. The van der Waals surface area contributed by atoms with E-state index in [2.05, 4.69) is 29.4 Å². The Morgan fingerprint density at radius 2 is 1.77 bits per heavy atom. The monoisotopic (exact) mass is 480 g/mol. The number of fused-ring (bicyclic) bond motifs is 2. The predicted molar refractivity (Wildman–Crippen MR) is 126 cm³/mol. The second kappa shape index (κ2) is 8.41. The molecule has 4 amide bonds. The maximum absolute atomic E-state index is 13.0. The van der Waals surface area contributed by atoms with E-state index in [9.17, 15) is 19.2 Å². The van der Waals surface area contributed by atoms with Crippen LogP contribution in [0.5, 0.6) is 5.75 Å². The summed E-state index contributed by atoms with van der Waals surface area (Å²) in [7, 11) is 0. The van der Waals surface area contributed by atoms with Crippen LogP contribution in [0.1, 0.15) is 60.2 Å². The van der Waals surface area contributed by atoms with Gasteiger partial charge in [0.05, 0.1) is 11.1 Å². The van der Waals surface area contributed by atoms with Crippen LogP contribution in [0.25, 0.3) is 0 Å². The van der Waals surface area contributed by atoms with Gasteiger partial charge >= 0.3 is 0 Å². The number of benzene rings is 1. The number of piperidine rings is 2. The van der Waals surface area contributed by atoms with E-state index in [1.165, 1.54) is 0 Å². The van der Waals surface area contributed by atoms with E-state index in [0.717, 1.165) is 55.1 Å². The zero-order chi connectivity index (χ0) is 24.4. The first-order valence-electron chi connectivity index (χ1n) is 12.8. The van der Waals surface area contributed by atoms with E-state index >= 15 is 0 Å². The average molecular weight is 481 g/mol. The summed E-state index contributed by atoms with van der Waals surface area (Å²) in [6.07, 6.45) is 2.23. The lowest BCUT2D eigenvalue weighted by Crippen LogP contribution is -2.54. The lowest BCUT2D eigenvalue weighted by Gasteiger charge is -2.45. The summed E-state index contributed by atoms with van der Waals surface area (Å²) in [5, 5.41) is 5.69. The molecule has 0 spiro atoms. The molecule has 9 heteroatoms. The van der Waals surface area contributed by atoms with E-state index in [0.29, 0.717) is 17.8 Å². The van der Waals surface area contributed by atoms with Crippen molar-refractivity contribution in [3.05, 3.63) is 29.3 Å². The third kappa shape index (κ3) is 3.85. The molecule has 0 radical (unpaired) electrons. The maximum Gasteiger partial charge on any atom is 0.262 e. The molecular formula is C26H32N4O5. The van der Waals surface area contributed by atoms with Gasteiger partial charge in [-0.2, -0.15) is 0 Å². The zero-order valence-corrected chi connectivity index (χ0v) is 20.2. The molecule has 6 rings (SSSR count). The second-order valence-electron chi connectivity index (χ2n) is 11.0. The van der Waals surface area contributed by atoms with Crippen molar-refractivity contribution in [3.63, 3.8) is 0 Å². The number of ether oxygens (including phenoxy) is 1. The van der Waals surface area contributed by atoms with Crippen molar-refractivity contribution >= 4 is 23.6 Å². The molecule has 3 heterocycles. The highest BCUT2D eigenvalue weighted by Gasteiger charge is 2.54. The normalized spacial score (nSPS) is 33.7. The molecule has 1 aromatic rings. The summed E-state index contributed by atoms with van der Waals surface area (Å²) in [6, 6.07) is 5.00. The van der Waals surface area contributed by atoms with Gasteiger partial charge in [0.15, 0.2) is 0 Å². The summed E-state index contributed by atoms with van der Waals surface area (Å²) in [5.74, 6) is 1.11. The Balaban J connectivity index is 1.08. The highest BCUT2D eigenvalue weighted by Crippen LogP contribution is 2.50. The standard InChI is InChI=1S/C26H32N4O5/c1-13(2)29(12-21-19-10-27-11-20(19)21)14-7-16(8-14)35-15-3-4-17-18(9-15)26(34)30(25(17)33)22-5-6-23(31)28-24(22)32/h3-4,9,13-14,16,19-22,27H,5-8,10-12H2,1-2H3,(H,28,31,32)/t14?,16?,19-,20?,21?,22?/m1/s1. The first-order chi connectivity index (χ1) is 16.8. The molecule has 4 fully saturated rings. The Kier molecular flexibility index (Phi) is 5.45. The van der Waals surface area contributed by atoms with Crippen LogP contribution >= 0.6 is 0 Å². The van der Waals surface area contributed by atoms with Gasteiger partial charge in [-0.1, -0.05) is 0 Å². The number of hydrogen-bond acceptors (Lipinski definition) is 7. The van der Waals surface area contributed by atoms with Crippen molar-refractivity contribution < 1.29 is 23.9 Å². The molecule has 0 aromatic heterocycles. The summed E-state index contributed by atoms with van der Waals surface area (Å²) in [5.41, 5.74) is 0.528. The van der Waals surface area contributed by atoms with Gasteiger partial charge in [-0.3, -0.25) is 34.3 Å². The van der Waals surface area contributed by atoms with Crippen LogP contribution in [-0.4, -0.2) is 77.3 Å². The van der Waals surface area contributed by atoms with Crippen molar-refractivity contribution in [3.8, 4) is 5.75 Å². The Morgan fingerprint density at radius 1 is 1.06 bits per heavy atom. The molecule has 3 aliphatic heterocycles. The van der Waals surface area contributed by atoms with Gasteiger partial charge < -0.3 is 10.1 Å². The van der Waals surface area contributed by atoms with Crippen molar-refractivity contribution in [2.75, 3.05) is 19.6 Å². The number of nitrogens with zero attached hydrogens (tertiary/aromatic N) is 2. The minimum absolute atomic E-state index is 0.0816.